The maximum atomic E-state index is 10.8. The molecule has 2 heteroatoms. The molecule has 9 heavy (non-hydrogen) atoms. The molecule has 0 amide bonds. The highest BCUT2D eigenvalue weighted by Gasteiger charge is 2.26. The van der Waals surface area contributed by atoms with Gasteiger partial charge in [-0.25, -0.2) is 0 Å². The molecule has 0 bridgehead atoms. The zero-order chi connectivity index (χ0) is 6.85. The van der Waals surface area contributed by atoms with Gasteiger partial charge in [-0.15, -0.1) is 0 Å². The normalized spacial score (nSPS) is 34.9. The first-order valence-electron chi connectivity index (χ1n) is 3.48. The fourth-order valence-corrected chi connectivity index (χ4v) is 1.49. The molecule has 0 aromatic rings. The highest BCUT2D eigenvalue weighted by Crippen LogP contribution is 2.24. The Balaban J connectivity index is 2.49. The topological polar surface area (TPSA) is 43.1 Å². The highest BCUT2D eigenvalue weighted by molar-refractivity contribution is 5.79. The van der Waals surface area contributed by atoms with Crippen LogP contribution in [0.5, 0.6) is 0 Å². The predicted molar refractivity (Wildman–Crippen MR) is 36.0 cm³/mol. The summed E-state index contributed by atoms with van der Waals surface area (Å²) in [6.07, 6.45) is 3.17. The molecule has 1 aliphatic rings. The van der Waals surface area contributed by atoms with Gasteiger partial charge in [-0.1, -0.05) is 6.42 Å². The largest absolute Gasteiger partial charge is 0.327 e. The monoisotopic (exact) mass is 127 g/mol. The lowest BCUT2D eigenvalue weighted by Crippen LogP contribution is -2.28. The van der Waals surface area contributed by atoms with E-state index in [2.05, 4.69) is 0 Å². The fourth-order valence-electron chi connectivity index (χ4n) is 1.49. The van der Waals surface area contributed by atoms with Crippen molar-refractivity contribution in [2.24, 2.45) is 11.7 Å². The first-order chi connectivity index (χ1) is 4.22. The number of rotatable bonds is 1. The standard InChI is InChI=1S/C7H13NO/c1-5(9)6-3-2-4-7(6)8/h6-7H,2-4,8H2,1H3/t6-,7+/m1/s1. The molecular formula is C7H13NO. The second kappa shape index (κ2) is 2.48. The molecule has 1 fully saturated rings. The molecule has 2 N–H and O–H groups in total. The minimum absolute atomic E-state index is 0.155. The van der Waals surface area contributed by atoms with Crippen LogP contribution in [0.3, 0.4) is 0 Å². The molecule has 0 spiro atoms. The third-order valence-corrected chi connectivity index (χ3v) is 2.09. The van der Waals surface area contributed by atoms with E-state index in [9.17, 15) is 4.79 Å². The summed E-state index contributed by atoms with van der Waals surface area (Å²) in [5.74, 6) is 0.435. The number of carbonyl (C=O) groups excluding carboxylic acids is 1. The number of nitrogens with two attached hydrogens (primary N) is 1. The molecule has 0 saturated heterocycles. The van der Waals surface area contributed by atoms with E-state index in [0.29, 0.717) is 0 Å². The van der Waals surface area contributed by atoms with Gasteiger partial charge < -0.3 is 5.73 Å². The Morgan fingerprint density at radius 3 is 2.44 bits per heavy atom. The van der Waals surface area contributed by atoms with Crippen molar-refractivity contribution in [3.63, 3.8) is 0 Å². The molecule has 1 aliphatic carbocycles. The zero-order valence-corrected chi connectivity index (χ0v) is 5.76. The Bertz CT molecular complexity index is 122. The number of ketones is 1. The Morgan fingerprint density at radius 1 is 1.56 bits per heavy atom. The number of Topliss-reactive ketones (excluding diaryl/α,β-unsaturated/α-hetero) is 1. The molecule has 0 aliphatic heterocycles. The van der Waals surface area contributed by atoms with Crippen molar-refractivity contribution in [2.45, 2.75) is 32.2 Å². The maximum absolute atomic E-state index is 10.8. The minimum atomic E-state index is 0.155. The van der Waals surface area contributed by atoms with Crippen LogP contribution >= 0.6 is 0 Å². The molecule has 0 heterocycles. The van der Waals surface area contributed by atoms with Gasteiger partial charge >= 0.3 is 0 Å². The fraction of sp³-hybridized carbons (Fsp3) is 0.857. The molecule has 0 aromatic carbocycles. The number of carbonyl (C=O) groups is 1. The third kappa shape index (κ3) is 1.30. The first kappa shape index (κ1) is 6.75. The smallest absolute Gasteiger partial charge is 0.134 e. The summed E-state index contributed by atoms with van der Waals surface area (Å²) < 4.78 is 0. The Hall–Kier alpha value is -0.370. The molecular weight excluding hydrogens is 114 g/mol. The molecule has 2 nitrogen and oxygen atoms in total. The molecule has 0 unspecified atom stereocenters. The van der Waals surface area contributed by atoms with Gasteiger partial charge in [0.2, 0.25) is 0 Å². The van der Waals surface area contributed by atoms with Crippen molar-refractivity contribution in [1.82, 2.24) is 0 Å². The summed E-state index contributed by atoms with van der Waals surface area (Å²) in [5.41, 5.74) is 5.66. The minimum Gasteiger partial charge on any atom is -0.327 e. The summed E-state index contributed by atoms with van der Waals surface area (Å²) in [6, 6.07) is 0.155. The van der Waals surface area contributed by atoms with Crippen LogP contribution < -0.4 is 5.73 Å². The Kier molecular flexibility index (Phi) is 1.86. The molecule has 0 aromatic heterocycles. The highest BCUT2D eigenvalue weighted by atomic mass is 16.1. The van der Waals surface area contributed by atoms with E-state index in [1.54, 1.807) is 6.92 Å². The number of hydrogen-bond donors (Lipinski definition) is 1. The van der Waals surface area contributed by atoms with Crippen LogP contribution in [0.1, 0.15) is 26.2 Å². The van der Waals surface area contributed by atoms with Crippen LogP contribution in [0.4, 0.5) is 0 Å². The van der Waals surface area contributed by atoms with Gasteiger partial charge in [-0.3, -0.25) is 4.79 Å². The van der Waals surface area contributed by atoms with E-state index in [1.807, 2.05) is 0 Å². The van der Waals surface area contributed by atoms with E-state index in [1.165, 1.54) is 0 Å². The predicted octanol–water partition coefficient (Wildman–Crippen LogP) is 0.703. The summed E-state index contributed by atoms with van der Waals surface area (Å²) in [4.78, 5) is 10.8. The van der Waals surface area contributed by atoms with Gasteiger partial charge in [0.25, 0.3) is 0 Å². The van der Waals surface area contributed by atoms with Crippen molar-refractivity contribution < 1.29 is 4.79 Å². The zero-order valence-electron chi connectivity index (χ0n) is 5.76. The van der Waals surface area contributed by atoms with Crippen molar-refractivity contribution in [3.05, 3.63) is 0 Å². The van der Waals surface area contributed by atoms with Gasteiger partial charge in [0, 0.05) is 12.0 Å². The summed E-state index contributed by atoms with van der Waals surface area (Å²) in [6.45, 7) is 1.63. The van der Waals surface area contributed by atoms with Gasteiger partial charge in [0.05, 0.1) is 0 Å². The van der Waals surface area contributed by atoms with E-state index < -0.39 is 0 Å². The lowest BCUT2D eigenvalue weighted by Gasteiger charge is -2.09. The molecule has 1 saturated carbocycles. The van der Waals surface area contributed by atoms with Crippen LogP contribution in [-0.4, -0.2) is 11.8 Å². The van der Waals surface area contributed by atoms with Crippen molar-refractivity contribution in [3.8, 4) is 0 Å². The summed E-state index contributed by atoms with van der Waals surface area (Å²) in [5, 5.41) is 0. The van der Waals surface area contributed by atoms with Crippen molar-refractivity contribution in [1.29, 1.82) is 0 Å². The van der Waals surface area contributed by atoms with E-state index in [-0.39, 0.29) is 17.7 Å². The average Bonchev–Trinajstić information content (AvgIpc) is 2.13. The third-order valence-electron chi connectivity index (χ3n) is 2.09. The number of hydrogen-bond acceptors (Lipinski definition) is 2. The lowest BCUT2D eigenvalue weighted by atomic mass is 10.0. The maximum Gasteiger partial charge on any atom is 0.134 e. The van der Waals surface area contributed by atoms with Gasteiger partial charge in [-0.05, 0) is 19.8 Å². The van der Waals surface area contributed by atoms with E-state index in [4.69, 9.17) is 5.73 Å². The SMILES string of the molecule is CC(=O)[C@H]1CCC[C@@H]1N. The van der Waals surface area contributed by atoms with Gasteiger partial charge in [0.1, 0.15) is 5.78 Å². The van der Waals surface area contributed by atoms with E-state index >= 15 is 0 Å². The van der Waals surface area contributed by atoms with Crippen molar-refractivity contribution >= 4 is 5.78 Å². The molecule has 1 rings (SSSR count). The van der Waals surface area contributed by atoms with Crippen LogP contribution in [0.2, 0.25) is 0 Å². The van der Waals surface area contributed by atoms with Gasteiger partial charge in [-0.2, -0.15) is 0 Å². The molecule has 0 radical (unpaired) electrons. The van der Waals surface area contributed by atoms with Crippen LogP contribution in [0, 0.1) is 5.92 Å². The van der Waals surface area contributed by atoms with Crippen molar-refractivity contribution in [2.75, 3.05) is 0 Å². The second-order valence-corrected chi connectivity index (χ2v) is 2.81. The van der Waals surface area contributed by atoms with Crippen LogP contribution in [0.25, 0.3) is 0 Å². The Labute approximate surface area is 55.4 Å². The van der Waals surface area contributed by atoms with Crippen LogP contribution in [0.15, 0.2) is 0 Å². The van der Waals surface area contributed by atoms with E-state index in [0.717, 1.165) is 19.3 Å². The summed E-state index contributed by atoms with van der Waals surface area (Å²) in [7, 11) is 0. The first-order valence-corrected chi connectivity index (χ1v) is 3.48. The second-order valence-electron chi connectivity index (χ2n) is 2.81. The summed E-state index contributed by atoms with van der Waals surface area (Å²) >= 11 is 0. The van der Waals surface area contributed by atoms with Gasteiger partial charge in [0.15, 0.2) is 0 Å². The van der Waals surface area contributed by atoms with Crippen LogP contribution in [-0.2, 0) is 4.79 Å². The Morgan fingerprint density at radius 2 is 2.22 bits per heavy atom. The quantitative estimate of drug-likeness (QED) is 0.563. The molecule has 52 valence electrons. The molecule has 2 atom stereocenters. The average molecular weight is 127 g/mol. The lowest BCUT2D eigenvalue weighted by molar-refractivity contribution is -0.120.